The number of hydrogen-bond donors (Lipinski definition) is 6. The first-order valence-electron chi connectivity index (χ1n) is 7.15. The summed E-state index contributed by atoms with van der Waals surface area (Å²) in [6.45, 7) is 1.52. The Morgan fingerprint density at radius 3 is 2.45 bits per heavy atom. The van der Waals surface area contributed by atoms with Crippen molar-refractivity contribution in [1.82, 2.24) is 5.32 Å². The van der Waals surface area contributed by atoms with Gasteiger partial charge in [-0.05, 0) is 44.6 Å². The summed E-state index contributed by atoms with van der Waals surface area (Å²) in [4.78, 5) is 11.4. The normalized spacial score (nSPS) is 21.2. The first-order chi connectivity index (χ1) is 9.38. The van der Waals surface area contributed by atoms with Crippen molar-refractivity contribution < 1.29 is 25.1 Å². The number of hydrogen-bond acceptors (Lipinski definition) is 6. The van der Waals surface area contributed by atoms with Gasteiger partial charge in [0.05, 0.1) is 6.10 Å². The molecule has 1 aliphatic heterocycles. The third kappa shape index (κ3) is 4.71. The van der Waals surface area contributed by atoms with E-state index in [0.29, 0.717) is 25.7 Å². The maximum absolute atomic E-state index is 11.4. The second kappa shape index (κ2) is 7.94. The highest BCUT2D eigenvalue weighted by atomic mass is 16.4. The minimum Gasteiger partial charge on any atom is -0.480 e. The van der Waals surface area contributed by atoms with E-state index in [4.69, 9.17) is 15.8 Å². The fourth-order valence-corrected chi connectivity index (χ4v) is 2.71. The Kier molecular flexibility index (Phi) is 6.91. The fraction of sp³-hybridized carbons (Fsp3) is 0.917. The van der Waals surface area contributed by atoms with Gasteiger partial charge in [-0.25, -0.2) is 0 Å². The van der Waals surface area contributed by atoms with E-state index in [0.717, 1.165) is 13.1 Å². The maximum atomic E-state index is 11.4. The Labute approximate surface area is 119 Å². The lowest BCUT2D eigenvalue weighted by Crippen LogP contribution is -2.60. The lowest BCUT2D eigenvalue weighted by Gasteiger charge is -2.37. The predicted molar refractivity (Wildman–Crippen MR) is 75.0 cm³/mol. The molecule has 1 rings (SSSR count). The summed E-state index contributed by atoms with van der Waals surface area (Å²) >= 11 is 0. The van der Waals surface area contributed by atoms with Gasteiger partial charge in [-0.1, -0.05) is 12.8 Å². The standard InChI is InChI=1S/C12H25BN2O5/c14-12(11(17)18,5-1-2-6-13(19)20)10(16)9-3-7-15-8-4-9/h9-10,15-16,19-20H,1-8,14H2,(H,17,18). The minimum atomic E-state index is -1.66. The second-order valence-electron chi connectivity index (χ2n) is 5.60. The fourth-order valence-electron chi connectivity index (χ4n) is 2.71. The molecule has 1 fully saturated rings. The highest BCUT2D eigenvalue weighted by Gasteiger charge is 2.44. The topological polar surface area (TPSA) is 136 Å². The number of carboxylic acids is 1. The van der Waals surface area contributed by atoms with E-state index in [1.54, 1.807) is 0 Å². The van der Waals surface area contributed by atoms with Crippen LogP contribution in [0.3, 0.4) is 0 Å². The van der Waals surface area contributed by atoms with Gasteiger partial charge in [-0.2, -0.15) is 0 Å². The van der Waals surface area contributed by atoms with Gasteiger partial charge in [-0.15, -0.1) is 0 Å². The number of rotatable bonds is 8. The van der Waals surface area contributed by atoms with Crippen LogP contribution in [0.1, 0.15) is 32.1 Å². The van der Waals surface area contributed by atoms with Gasteiger partial charge in [0.1, 0.15) is 5.54 Å². The molecule has 0 aromatic heterocycles. The zero-order valence-electron chi connectivity index (χ0n) is 11.7. The maximum Gasteiger partial charge on any atom is 0.451 e. The van der Waals surface area contributed by atoms with Gasteiger partial charge in [0.25, 0.3) is 0 Å². The van der Waals surface area contributed by atoms with Crippen molar-refractivity contribution in [2.24, 2.45) is 11.7 Å². The van der Waals surface area contributed by atoms with Gasteiger partial charge >= 0.3 is 13.1 Å². The molecule has 2 atom stereocenters. The molecule has 7 nitrogen and oxygen atoms in total. The molecule has 1 saturated heterocycles. The van der Waals surface area contributed by atoms with E-state index in [1.807, 2.05) is 0 Å². The number of aliphatic hydroxyl groups is 1. The monoisotopic (exact) mass is 288 g/mol. The zero-order chi connectivity index (χ0) is 15.2. The van der Waals surface area contributed by atoms with Crippen LogP contribution in [0, 0.1) is 5.92 Å². The second-order valence-corrected chi connectivity index (χ2v) is 5.60. The third-order valence-electron chi connectivity index (χ3n) is 4.06. The minimum absolute atomic E-state index is 0.110. The summed E-state index contributed by atoms with van der Waals surface area (Å²) in [6.07, 6.45) is 1.54. The molecular weight excluding hydrogens is 263 g/mol. The quantitative estimate of drug-likeness (QED) is 0.243. The summed E-state index contributed by atoms with van der Waals surface area (Å²) in [5.74, 6) is -1.31. The van der Waals surface area contributed by atoms with Gasteiger partial charge in [0.15, 0.2) is 0 Å². The summed E-state index contributed by atoms with van der Waals surface area (Å²) in [5, 5.41) is 40.4. The van der Waals surface area contributed by atoms with Crippen molar-refractivity contribution in [3.05, 3.63) is 0 Å². The first-order valence-corrected chi connectivity index (χ1v) is 7.15. The van der Waals surface area contributed by atoms with Crippen LogP contribution < -0.4 is 11.1 Å². The van der Waals surface area contributed by atoms with Crippen LogP contribution in [0.5, 0.6) is 0 Å². The van der Waals surface area contributed by atoms with Crippen molar-refractivity contribution in [2.75, 3.05) is 13.1 Å². The molecule has 1 heterocycles. The van der Waals surface area contributed by atoms with Crippen molar-refractivity contribution >= 4 is 13.1 Å². The zero-order valence-corrected chi connectivity index (χ0v) is 11.7. The number of nitrogens with one attached hydrogen (secondary N) is 1. The molecule has 0 aliphatic carbocycles. The van der Waals surface area contributed by atoms with Crippen LogP contribution >= 0.6 is 0 Å². The number of aliphatic hydroxyl groups excluding tert-OH is 1. The number of piperidine rings is 1. The molecule has 0 aromatic rings. The molecule has 8 heteroatoms. The molecule has 0 aromatic carbocycles. The van der Waals surface area contributed by atoms with Gasteiger partial charge in [0.2, 0.25) is 0 Å². The molecule has 0 bridgehead atoms. The van der Waals surface area contributed by atoms with Crippen LogP contribution in [0.15, 0.2) is 0 Å². The molecule has 2 unspecified atom stereocenters. The van der Waals surface area contributed by atoms with E-state index < -0.39 is 24.7 Å². The van der Waals surface area contributed by atoms with Gasteiger partial charge in [-0.3, -0.25) is 4.79 Å². The van der Waals surface area contributed by atoms with E-state index >= 15 is 0 Å². The predicted octanol–water partition coefficient (Wildman–Crippen LogP) is -1.23. The number of unbranched alkanes of at least 4 members (excludes halogenated alkanes) is 1. The van der Waals surface area contributed by atoms with E-state index in [9.17, 15) is 15.0 Å². The SMILES string of the molecule is NC(CCCCB(O)O)(C(=O)O)C(O)C1CCNCC1. The van der Waals surface area contributed by atoms with E-state index in [-0.39, 0.29) is 18.7 Å². The van der Waals surface area contributed by atoms with E-state index in [1.165, 1.54) is 0 Å². The van der Waals surface area contributed by atoms with Crippen LogP contribution in [-0.4, -0.2) is 58.1 Å². The Morgan fingerprint density at radius 2 is 1.95 bits per heavy atom. The average molecular weight is 288 g/mol. The Bertz CT molecular complexity index is 312. The molecule has 116 valence electrons. The van der Waals surface area contributed by atoms with Crippen molar-refractivity contribution in [1.29, 1.82) is 0 Å². The molecule has 20 heavy (non-hydrogen) atoms. The number of carboxylic acid groups (broad SMARTS) is 1. The average Bonchev–Trinajstić information content (AvgIpc) is 2.43. The lowest BCUT2D eigenvalue weighted by atomic mass is 9.76. The highest BCUT2D eigenvalue weighted by Crippen LogP contribution is 2.27. The first kappa shape index (κ1) is 17.4. The summed E-state index contributed by atoms with van der Waals surface area (Å²) in [5.41, 5.74) is 4.27. The largest absolute Gasteiger partial charge is 0.480 e. The summed E-state index contributed by atoms with van der Waals surface area (Å²) < 4.78 is 0. The number of nitrogens with two attached hydrogens (primary N) is 1. The highest BCUT2D eigenvalue weighted by molar-refractivity contribution is 6.40. The third-order valence-corrected chi connectivity index (χ3v) is 4.06. The van der Waals surface area contributed by atoms with Crippen LogP contribution in [0.4, 0.5) is 0 Å². The molecule has 0 spiro atoms. The number of aliphatic carboxylic acids is 1. The smallest absolute Gasteiger partial charge is 0.451 e. The van der Waals surface area contributed by atoms with E-state index in [2.05, 4.69) is 5.32 Å². The molecule has 0 radical (unpaired) electrons. The van der Waals surface area contributed by atoms with Crippen molar-refractivity contribution in [3.8, 4) is 0 Å². The van der Waals surface area contributed by atoms with Crippen molar-refractivity contribution in [3.63, 3.8) is 0 Å². The lowest BCUT2D eigenvalue weighted by molar-refractivity contribution is -0.150. The Morgan fingerprint density at radius 1 is 1.35 bits per heavy atom. The van der Waals surface area contributed by atoms with Crippen LogP contribution in [0.25, 0.3) is 0 Å². The molecule has 1 aliphatic rings. The summed E-state index contributed by atoms with van der Waals surface area (Å²) in [6, 6.07) is 0. The molecule has 7 N–H and O–H groups in total. The molecular formula is C12H25BN2O5. The Hall–Kier alpha value is -0.665. The molecule has 0 saturated carbocycles. The van der Waals surface area contributed by atoms with Crippen LogP contribution in [0.2, 0.25) is 6.32 Å². The van der Waals surface area contributed by atoms with Gasteiger partial charge < -0.3 is 31.3 Å². The summed E-state index contributed by atoms with van der Waals surface area (Å²) in [7, 11) is -1.39. The van der Waals surface area contributed by atoms with Crippen LogP contribution in [-0.2, 0) is 4.79 Å². The van der Waals surface area contributed by atoms with Gasteiger partial charge in [0, 0.05) is 0 Å². The van der Waals surface area contributed by atoms with Crippen molar-refractivity contribution in [2.45, 2.75) is 50.1 Å². The molecule has 0 amide bonds. The Balaban J connectivity index is 2.57. The number of carbonyl (C=O) groups is 1.